The van der Waals surface area contributed by atoms with Crippen LogP contribution in [0.15, 0.2) is 36.4 Å². The van der Waals surface area contributed by atoms with Gasteiger partial charge >= 0.3 is 0 Å². The van der Waals surface area contributed by atoms with Gasteiger partial charge in [0, 0.05) is 17.7 Å². The van der Waals surface area contributed by atoms with E-state index in [-0.39, 0.29) is 0 Å². The summed E-state index contributed by atoms with van der Waals surface area (Å²) < 4.78 is 0. The molecule has 0 bridgehead atoms. The number of hydrogen-bond acceptors (Lipinski definition) is 2. The smallest absolute Gasteiger partial charge is 0.145 e. The molecule has 1 aromatic heterocycles. The van der Waals surface area contributed by atoms with Crippen LogP contribution in [0.3, 0.4) is 0 Å². The van der Waals surface area contributed by atoms with Gasteiger partial charge in [-0.1, -0.05) is 30.3 Å². The van der Waals surface area contributed by atoms with Crippen molar-refractivity contribution in [2.75, 3.05) is 5.73 Å². The fourth-order valence-electron chi connectivity index (χ4n) is 3.03. The van der Waals surface area contributed by atoms with Crippen molar-refractivity contribution in [3.05, 3.63) is 47.7 Å². The average molecular weight is 241 g/mol. The van der Waals surface area contributed by atoms with E-state index in [0.717, 1.165) is 5.92 Å². The summed E-state index contributed by atoms with van der Waals surface area (Å²) in [6, 6.07) is 12.8. The monoisotopic (exact) mass is 241 g/mol. The second-order valence-electron chi connectivity index (χ2n) is 5.21. The van der Waals surface area contributed by atoms with E-state index in [0.29, 0.717) is 11.7 Å². The second-order valence-corrected chi connectivity index (χ2v) is 5.21. The van der Waals surface area contributed by atoms with Crippen LogP contribution >= 0.6 is 0 Å². The fourth-order valence-corrected chi connectivity index (χ4v) is 3.03. The molecule has 3 N–H and O–H groups in total. The molecule has 0 aliphatic heterocycles. The van der Waals surface area contributed by atoms with Gasteiger partial charge in [0.1, 0.15) is 5.82 Å². The number of rotatable bonds is 2. The maximum absolute atomic E-state index is 5.66. The summed E-state index contributed by atoms with van der Waals surface area (Å²) in [5.41, 5.74) is 8.35. The summed E-state index contributed by atoms with van der Waals surface area (Å²) in [4.78, 5) is 0. The van der Waals surface area contributed by atoms with E-state index in [4.69, 9.17) is 5.73 Å². The van der Waals surface area contributed by atoms with Crippen LogP contribution in [0.2, 0.25) is 0 Å². The molecule has 0 saturated heterocycles. The van der Waals surface area contributed by atoms with Crippen LogP contribution in [0, 0.1) is 0 Å². The average Bonchev–Trinajstić information content (AvgIpc) is 2.87. The van der Waals surface area contributed by atoms with Crippen LogP contribution in [0.1, 0.15) is 48.8 Å². The zero-order valence-electron chi connectivity index (χ0n) is 10.5. The Bertz CT molecular complexity index is 495. The minimum atomic E-state index is 0.606. The van der Waals surface area contributed by atoms with Crippen molar-refractivity contribution in [3.63, 3.8) is 0 Å². The SMILES string of the molecule is Nc1cc(C2CCC(c3ccccc3)CC2)[nH]n1. The maximum Gasteiger partial charge on any atom is 0.145 e. The first-order chi connectivity index (χ1) is 8.83. The molecule has 0 radical (unpaired) electrons. The van der Waals surface area contributed by atoms with E-state index in [1.807, 2.05) is 6.07 Å². The van der Waals surface area contributed by atoms with Crippen molar-refractivity contribution < 1.29 is 0 Å². The van der Waals surface area contributed by atoms with Gasteiger partial charge in [-0.05, 0) is 37.2 Å². The topological polar surface area (TPSA) is 54.7 Å². The Balaban J connectivity index is 1.65. The minimum Gasteiger partial charge on any atom is -0.382 e. The molecule has 3 heteroatoms. The lowest BCUT2D eigenvalue weighted by Crippen LogP contribution is -2.12. The highest BCUT2D eigenvalue weighted by molar-refractivity contribution is 5.30. The predicted molar refractivity (Wildman–Crippen MR) is 73.4 cm³/mol. The molecule has 2 aromatic rings. The number of nitrogens with one attached hydrogen (secondary N) is 1. The number of hydrogen-bond donors (Lipinski definition) is 2. The summed E-state index contributed by atoms with van der Waals surface area (Å²) in [6.07, 6.45) is 4.96. The molecule has 3 rings (SSSR count). The quantitative estimate of drug-likeness (QED) is 0.846. The van der Waals surface area contributed by atoms with Gasteiger partial charge in [0.15, 0.2) is 0 Å². The molecule has 94 valence electrons. The van der Waals surface area contributed by atoms with Gasteiger partial charge in [-0.2, -0.15) is 5.10 Å². The van der Waals surface area contributed by atoms with E-state index >= 15 is 0 Å². The maximum atomic E-state index is 5.66. The number of anilines is 1. The van der Waals surface area contributed by atoms with E-state index in [2.05, 4.69) is 40.5 Å². The summed E-state index contributed by atoms with van der Waals surface area (Å²) in [7, 11) is 0. The second kappa shape index (κ2) is 4.84. The van der Waals surface area contributed by atoms with Crippen molar-refractivity contribution >= 4 is 5.82 Å². The van der Waals surface area contributed by atoms with Crippen LogP contribution in [0.25, 0.3) is 0 Å². The highest BCUT2D eigenvalue weighted by Crippen LogP contribution is 2.39. The molecule has 0 amide bonds. The van der Waals surface area contributed by atoms with Crippen molar-refractivity contribution in [2.45, 2.75) is 37.5 Å². The molecule has 3 nitrogen and oxygen atoms in total. The molecule has 0 atom stereocenters. The summed E-state index contributed by atoms with van der Waals surface area (Å²) >= 11 is 0. The largest absolute Gasteiger partial charge is 0.382 e. The lowest BCUT2D eigenvalue weighted by Gasteiger charge is -2.28. The van der Waals surface area contributed by atoms with Crippen molar-refractivity contribution in [1.82, 2.24) is 10.2 Å². The molecule has 0 unspecified atom stereocenters. The normalized spacial score (nSPS) is 24.0. The van der Waals surface area contributed by atoms with Crippen LogP contribution in [0.5, 0.6) is 0 Å². The number of nitrogens with two attached hydrogens (primary N) is 1. The third-order valence-electron chi connectivity index (χ3n) is 4.06. The minimum absolute atomic E-state index is 0.606. The lowest BCUT2D eigenvalue weighted by molar-refractivity contribution is 0.391. The van der Waals surface area contributed by atoms with Crippen molar-refractivity contribution in [2.24, 2.45) is 0 Å². The fraction of sp³-hybridized carbons (Fsp3) is 0.400. The Hall–Kier alpha value is -1.77. The van der Waals surface area contributed by atoms with Gasteiger partial charge in [-0.15, -0.1) is 0 Å². The zero-order chi connectivity index (χ0) is 12.4. The lowest BCUT2D eigenvalue weighted by atomic mass is 9.77. The Morgan fingerprint density at radius 3 is 2.28 bits per heavy atom. The Labute approximate surface area is 107 Å². The standard InChI is InChI=1S/C15H19N3/c16-15-10-14(17-18-15)13-8-6-12(7-9-13)11-4-2-1-3-5-11/h1-5,10,12-13H,6-9H2,(H3,16,17,18). The molecule has 1 aliphatic carbocycles. The molecule has 0 spiro atoms. The highest BCUT2D eigenvalue weighted by atomic mass is 15.2. The van der Waals surface area contributed by atoms with Crippen LogP contribution in [0.4, 0.5) is 5.82 Å². The summed E-state index contributed by atoms with van der Waals surface area (Å²) in [5.74, 6) is 1.94. The van der Waals surface area contributed by atoms with Gasteiger partial charge in [0.25, 0.3) is 0 Å². The van der Waals surface area contributed by atoms with Crippen molar-refractivity contribution in [3.8, 4) is 0 Å². The third-order valence-corrected chi connectivity index (χ3v) is 4.06. The molecular weight excluding hydrogens is 222 g/mol. The molecule has 1 aliphatic rings. The van der Waals surface area contributed by atoms with Crippen LogP contribution in [-0.4, -0.2) is 10.2 Å². The first-order valence-corrected chi connectivity index (χ1v) is 6.68. The molecule has 1 heterocycles. The van der Waals surface area contributed by atoms with Crippen LogP contribution in [-0.2, 0) is 0 Å². The molecular formula is C15H19N3. The number of nitrogen functional groups attached to an aromatic ring is 1. The van der Waals surface area contributed by atoms with Gasteiger partial charge in [0.05, 0.1) is 0 Å². The zero-order valence-corrected chi connectivity index (χ0v) is 10.5. The van der Waals surface area contributed by atoms with Gasteiger partial charge in [-0.3, -0.25) is 5.10 Å². The Morgan fingerprint density at radius 2 is 1.67 bits per heavy atom. The number of aromatic nitrogens is 2. The Morgan fingerprint density at radius 1 is 1.00 bits per heavy atom. The Kier molecular flexibility index (Phi) is 3.05. The number of nitrogens with zero attached hydrogens (tertiary/aromatic N) is 1. The third kappa shape index (κ3) is 2.26. The number of H-pyrrole nitrogens is 1. The van der Waals surface area contributed by atoms with Gasteiger partial charge < -0.3 is 5.73 Å². The van der Waals surface area contributed by atoms with E-state index in [1.54, 1.807) is 0 Å². The molecule has 1 fully saturated rings. The van der Waals surface area contributed by atoms with Gasteiger partial charge in [0.2, 0.25) is 0 Å². The first kappa shape index (κ1) is 11.3. The molecule has 1 saturated carbocycles. The summed E-state index contributed by atoms with van der Waals surface area (Å²) in [6.45, 7) is 0. The van der Waals surface area contributed by atoms with Crippen molar-refractivity contribution in [1.29, 1.82) is 0 Å². The first-order valence-electron chi connectivity index (χ1n) is 6.68. The van der Waals surface area contributed by atoms with Gasteiger partial charge in [-0.25, -0.2) is 0 Å². The van der Waals surface area contributed by atoms with E-state index in [1.165, 1.54) is 36.9 Å². The molecule has 18 heavy (non-hydrogen) atoms. The number of benzene rings is 1. The highest BCUT2D eigenvalue weighted by Gasteiger charge is 2.24. The number of aromatic amines is 1. The van der Waals surface area contributed by atoms with Crippen LogP contribution < -0.4 is 5.73 Å². The summed E-state index contributed by atoms with van der Waals surface area (Å²) in [5, 5.41) is 7.08. The van der Waals surface area contributed by atoms with E-state index < -0.39 is 0 Å². The molecule has 1 aromatic carbocycles. The predicted octanol–water partition coefficient (Wildman–Crippen LogP) is 3.43. The van der Waals surface area contributed by atoms with E-state index in [9.17, 15) is 0 Å².